The van der Waals surface area contributed by atoms with Crippen molar-refractivity contribution in [2.24, 2.45) is 5.92 Å². The number of benzene rings is 1. The second kappa shape index (κ2) is 5.09. The van der Waals surface area contributed by atoms with Gasteiger partial charge in [0.15, 0.2) is 0 Å². The van der Waals surface area contributed by atoms with E-state index in [1.165, 1.54) is 0 Å². The second-order valence-corrected chi connectivity index (χ2v) is 6.47. The van der Waals surface area contributed by atoms with Crippen LogP contribution in [-0.4, -0.2) is 17.6 Å². The summed E-state index contributed by atoms with van der Waals surface area (Å²) >= 11 is 5.97. The smallest absolute Gasteiger partial charge is 0.421 e. The van der Waals surface area contributed by atoms with Crippen LogP contribution in [0.3, 0.4) is 0 Å². The van der Waals surface area contributed by atoms with Crippen molar-refractivity contribution in [3.8, 4) is 0 Å². The van der Waals surface area contributed by atoms with Gasteiger partial charge in [-0.3, -0.25) is 4.79 Å². The lowest BCUT2D eigenvalue weighted by Crippen LogP contribution is -2.46. The van der Waals surface area contributed by atoms with Gasteiger partial charge in [-0.15, -0.1) is 0 Å². The molecule has 1 unspecified atom stereocenters. The molecule has 20 heavy (non-hydrogen) atoms. The molecule has 0 fully saturated rings. The largest absolute Gasteiger partial charge is 0.443 e. The predicted molar refractivity (Wildman–Crippen MR) is 78.0 cm³/mol. The maximum atomic E-state index is 12.3. The summed E-state index contributed by atoms with van der Waals surface area (Å²) in [7, 11) is 0. The Morgan fingerprint density at radius 3 is 2.65 bits per heavy atom. The van der Waals surface area contributed by atoms with Crippen LogP contribution < -0.4 is 4.90 Å². The maximum absolute atomic E-state index is 12.3. The maximum Gasteiger partial charge on any atom is 0.421 e. The molecule has 0 aliphatic carbocycles. The minimum Gasteiger partial charge on any atom is -0.443 e. The SMILES string of the molecule is CC1Cc2cc(Cl)ccc2N(C(=O)OC(C)(C)C)C1=O. The van der Waals surface area contributed by atoms with E-state index in [0.717, 1.165) is 10.5 Å². The molecule has 0 radical (unpaired) electrons. The number of ether oxygens (including phenoxy) is 1. The van der Waals surface area contributed by atoms with Crippen molar-refractivity contribution in [1.82, 2.24) is 0 Å². The molecule has 1 aromatic rings. The number of rotatable bonds is 0. The highest BCUT2D eigenvalue weighted by molar-refractivity contribution is 6.31. The highest BCUT2D eigenvalue weighted by Gasteiger charge is 2.36. The first kappa shape index (κ1) is 14.9. The van der Waals surface area contributed by atoms with Crippen molar-refractivity contribution in [1.29, 1.82) is 0 Å². The Morgan fingerprint density at radius 2 is 2.05 bits per heavy atom. The van der Waals surface area contributed by atoms with Gasteiger partial charge in [-0.2, -0.15) is 0 Å². The summed E-state index contributed by atoms with van der Waals surface area (Å²) in [6.07, 6.45) is -0.0637. The molecule has 0 bridgehead atoms. The molecule has 0 aromatic heterocycles. The predicted octanol–water partition coefficient (Wildman–Crippen LogP) is 3.80. The Hall–Kier alpha value is -1.55. The van der Waals surface area contributed by atoms with Crippen LogP contribution in [-0.2, 0) is 16.0 Å². The normalized spacial score (nSPS) is 18.8. The van der Waals surface area contributed by atoms with Gasteiger partial charge in [0.1, 0.15) is 5.60 Å². The molecule has 0 saturated heterocycles. The Bertz CT molecular complexity index is 563. The number of imide groups is 1. The Labute approximate surface area is 123 Å². The lowest BCUT2D eigenvalue weighted by Gasteiger charge is -2.32. The van der Waals surface area contributed by atoms with Crippen LogP contribution in [0.2, 0.25) is 5.02 Å². The third-order valence-electron chi connectivity index (χ3n) is 3.03. The molecule has 1 atom stereocenters. The highest BCUT2D eigenvalue weighted by atomic mass is 35.5. The molecule has 4 nitrogen and oxygen atoms in total. The van der Waals surface area contributed by atoms with Crippen molar-refractivity contribution in [3.05, 3.63) is 28.8 Å². The van der Waals surface area contributed by atoms with Crippen LogP contribution in [0.4, 0.5) is 10.5 Å². The molecule has 1 aromatic carbocycles. The summed E-state index contributed by atoms with van der Waals surface area (Å²) < 4.78 is 5.32. The van der Waals surface area contributed by atoms with Crippen LogP contribution in [0.5, 0.6) is 0 Å². The van der Waals surface area contributed by atoms with E-state index in [9.17, 15) is 9.59 Å². The van der Waals surface area contributed by atoms with Gasteiger partial charge in [-0.25, -0.2) is 9.69 Å². The summed E-state index contributed by atoms with van der Waals surface area (Å²) in [5.74, 6) is -0.512. The Balaban J connectivity index is 2.41. The van der Waals surface area contributed by atoms with E-state index in [-0.39, 0.29) is 11.8 Å². The lowest BCUT2D eigenvalue weighted by atomic mass is 9.93. The molecule has 0 saturated carbocycles. The van der Waals surface area contributed by atoms with Crippen LogP contribution in [0, 0.1) is 5.92 Å². The summed E-state index contributed by atoms with van der Waals surface area (Å²) in [5.41, 5.74) is 0.798. The molecule has 1 aliphatic rings. The van der Waals surface area contributed by atoms with E-state index in [2.05, 4.69) is 0 Å². The van der Waals surface area contributed by atoms with Crippen molar-refractivity contribution in [3.63, 3.8) is 0 Å². The Morgan fingerprint density at radius 1 is 1.40 bits per heavy atom. The van der Waals surface area contributed by atoms with Gasteiger partial charge in [0.05, 0.1) is 5.69 Å². The number of nitrogens with zero attached hydrogens (tertiary/aromatic N) is 1. The van der Waals surface area contributed by atoms with Gasteiger partial charge in [0.2, 0.25) is 5.91 Å². The number of amides is 2. The molecule has 2 amide bonds. The first-order valence-electron chi connectivity index (χ1n) is 6.54. The van der Waals surface area contributed by atoms with E-state index in [4.69, 9.17) is 16.3 Å². The molecule has 1 heterocycles. The van der Waals surface area contributed by atoms with Crippen molar-refractivity contribution in [2.45, 2.75) is 39.7 Å². The first-order chi connectivity index (χ1) is 9.19. The zero-order valence-corrected chi connectivity index (χ0v) is 12.8. The van der Waals surface area contributed by atoms with Gasteiger partial charge >= 0.3 is 6.09 Å². The molecular weight excluding hydrogens is 278 g/mol. The average molecular weight is 296 g/mol. The Kier molecular flexibility index (Phi) is 3.78. The zero-order chi connectivity index (χ0) is 15.1. The lowest BCUT2D eigenvalue weighted by molar-refractivity contribution is -0.122. The van der Waals surface area contributed by atoms with Crippen LogP contribution >= 0.6 is 11.6 Å². The van der Waals surface area contributed by atoms with Gasteiger partial charge in [0, 0.05) is 10.9 Å². The highest BCUT2D eigenvalue weighted by Crippen LogP contribution is 2.33. The van der Waals surface area contributed by atoms with Crippen molar-refractivity contribution < 1.29 is 14.3 Å². The van der Waals surface area contributed by atoms with Crippen LogP contribution in [0.1, 0.15) is 33.3 Å². The number of carbonyl (C=O) groups excluding carboxylic acids is 2. The summed E-state index contributed by atoms with van der Waals surface area (Å²) in [4.78, 5) is 25.7. The van der Waals surface area contributed by atoms with Gasteiger partial charge < -0.3 is 4.74 Å². The molecule has 108 valence electrons. The van der Waals surface area contributed by atoms with Gasteiger partial charge in [-0.05, 0) is 51.0 Å². The summed E-state index contributed by atoms with van der Waals surface area (Å²) in [6, 6.07) is 5.14. The monoisotopic (exact) mass is 295 g/mol. The van der Waals surface area contributed by atoms with E-state index >= 15 is 0 Å². The van der Waals surface area contributed by atoms with Crippen molar-refractivity contribution >= 4 is 29.3 Å². The summed E-state index contributed by atoms with van der Waals surface area (Å²) in [6.45, 7) is 7.10. The number of hydrogen-bond acceptors (Lipinski definition) is 3. The first-order valence-corrected chi connectivity index (χ1v) is 6.92. The second-order valence-electron chi connectivity index (χ2n) is 6.03. The van der Waals surface area contributed by atoms with Gasteiger partial charge in [-0.1, -0.05) is 18.5 Å². The molecule has 2 rings (SSSR count). The van der Waals surface area contributed by atoms with Crippen LogP contribution in [0.25, 0.3) is 0 Å². The quantitative estimate of drug-likeness (QED) is 0.731. The van der Waals surface area contributed by atoms with E-state index in [0.29, 0.717) is 17.1 Å². The van der Waals surface area contributed by atoms with E-state index in [1.54, 1.807) is 45.9 Å². The topological polar surface area (TPSA) is 46.6 Å². The van der Waals surface area contributed by atoms with Gasteiger partial charge in [0.25, 0.3) is 0 Å². The molecule has 1 aliphatic heterocycles. The summed E-state index contributed by atoms with van der Waals surface area (Å²) in [5, 5.41) is 0.592. The number of anilines is 1. The van der Waals surface area contributed by atoms with E-state index < -0.39 is 11.7 Å². The van der Waals surface area contributed by atoms with Crippen molar-refractivity contribution in [2.75, 3.05) is 4.90 Å². The average Bonchev–Trinajstić information content (AvgIpc) is 2.28. The van der Waals surface area contributed by atoms with E-state index in [1.807, 2.05) is 0 Å². The van der Waals surface area contributed by atoms with Crippen LogP contribution in [0.15, 0.2) is 18.2 Å². The minimum absolute atomic E-state index is 0.242. The number of carbonyl (C=O) groups is 2. The number of fused-ring (bicyclic) bond motifs is 1. The number of hydrogen-bond donors (Lipinski definition) is 0. The minimum atomic E-state index is -0.648. The molecular formula is C15H18ClNO3. The zero-order valence-electron chi connectivity index (χ0n) is 12.1. The molecule has 0 spiro atoms. The fourth-order valence-corrected chi connectivity index (χ4v) is 2.38. The third-order valence-corrected chi connectivity index (χ3v) is 3.26. The fraction of sp³-hybridized carbons (Fsp3) is 0.467. The molecule has 5 heteroatoms. The fourth-order valence-electron chi connectivity index (χ4n) is 2.19. The third kappa shape index (κ3) is 2.96. The number of halogens is 1. The standard InChI is InChI=1S/C15H18ClNO3/c1-9-7-10-8-11(16)5-6-12(10)17(13(9)18)14(19)20-15(2,3)4/h5-6,8-9H,7H2,1-4H3. The molecule has 0 N–H and O–H groups in total.